The Bertz CT molecular complexity index is 500. The Morgan fingerprint density at radius 2 is 1.87 bits per heavy atom. The van der Waals surface area contributed by atoms with Crippen LogP contribution in [0.5, 0.6) is 0 Å². The van der Waals surface area contributed by atoms with E-state index in [4.69, 9.17) is 0 Å². The molecule has 0 spiro atoms. The van der Waals surface area contributed by atoms with E-state index in [-0.39, 0.29) is 0 Å². The zero-order valence-electron chi connectivity index (χ0n) is 7.96. The van der Waals surface area contributed by atoms with Gasteiger partial charge < -0.3 is 9.59 Å². The van der Waals surface area contributed by atoms with Gasteiger partial charge in [-0.05, 0) is 17.7 Å². The summed E-state index contributed by atoms with van der Waals surface area (Å²) < 4.78 is 0. The van der Waals surface area contributed by atoms with Crippen LogP contribution in [0.2, 0.25) is 0 Å². The Kier molecular flexibility index (Phi) is 2.54. The number of aldehydes is 2. The molecule has 0 bridgehead atoms. The minimum atomic E-state index is -0.706. The molecule has 0 unspecified atom stereocenters. The van der Waals surface area contributed by atoms with Crippen LogP contribution in [-0.2, 0) is 9.59 Å². The van der Waals surface area contributed by atoms with E-state index in [0.29, 0.717) is 18.1 Å². The van der Waals surface area contributed by atoms with Crippen molar-refractivity contribution < 1.29 is 9.59 Å². The smallest absolute Gasteiger partial charge is 0.134 e. The molecule has 1 aromatic heterocycles. The number of carbonyl (C=O) groups is 2. The molecule has 74 valence electrons. The second-order valence-corrected chi connectivity index (χ2v) is 3.26. The number of hydrogen-bond acceptors (Lipinski definition) is 3. The zero-order valence-corrected chi connectivity index (χ0v) is 7.96. The molecule has 0 aliphatic carbocycles. The normalized spacial score (nSPS) is 10.5. The third kappa shape index (κ3) is 1.76. The van der Waals surface area contributed by atoms with Crippen molar-refractivity contribution in [3.63, 3.8) is 0 Å². The van der Waals surface area contributed by atoms with Crippen LogP contribution < -0.4 is 0 Å². The van der Waals surface area contributed by atoms with Crippen LogP contribution in [0.4, 0.5) is 0 Å². The summed E-state index contributed by atoms with van der Waals surface area (Å²) >= 11 is 0. The minimum absolute atomic E-state index is 0.624. The second kappa shape index (κ2) is 4.00. The molecule has 0 N–H and O–H groups in total. The fourth-order valence-electron chi connectivity index (χ4n) is 1.46. The molecule has 0 atom stereocenters. The van der Waals surface area contributed by atoms with Gasteiger partial charge >= 0.3 is 0 Å². The standard InChI is InChI=1S/C12H9NO2/c14-7-11(8-15)10-5-9-3-1-2-4-12(9)13-6-10/h1-8,11H. The van der Waals surface area contributed by atoms with Crippen molar-refractivity contribution in [2.45, 2.75) is 5.92 Å². The summed E-state index contributed by atoms with van der Waals surface area (Å²) in [6.07, 6.45) is 2.81. The first-order valence-electron chi connectivity index (χ1n) is 4.60. The number of rotatable bonds is 3. The molecule has 3 heteroatoms. The van der Waals surface area contributed by atoms with Crippen molar-refractivity contribution in [3.05, 3.63) is 42.1 Å². The molecule has 0 saturated heterocycles. The minimum Gasteiger partial charge on any atom is -0.302 e. The SMILES string of the molecule is O=CC(C=O)c1cnc2ccccc2c1. The van der Waals surface area contributed by atoms with Crippen LogP contribution in [-0.4, -0.2) is 17.6 Å². The van der Waals surface area contributed by atoms with E-state index in [0.717, 1.165) is 10.9 Å². The summed E-state index contributed by atoms with van der Waals surface area (Å²) in [5, 5.41) is 0.934. The van der Waals surface area contributed by atoms with Gasteiger partial charge in [-0.1, -0.05) is 18.2 Å². The Balaban J connectivity index is 2.55. The van der Waals surface area contributed by atoms with Crippen molar-refractivity contribution in [1.29, 1.82) is 0 Å². The highest BCUT2D eigenvalue weighted by Gasteiger charge is 2.09. The van der Waals surface area contributed by atoms with Gasteiger partial charge in [0.05, 0.1) is 11.4 Å². The van der Waals surface area contributed by atoms with Crippen LogP contribution in [0.15, 0.2) is 36.5 Å². The van der Waals surface area contributed by atoms with Gasteiger partial charge in [-0.3, -0.25) is 4.98 Å². The van der Waals surface area contributed by atoms with E-state index in [9.17, 15) is 9.59 Å². The van der Waals surface area contributed by atoms with Gasteiger partial charge in [-0.2, -0.15) is 0 Å². The Labute approximate surface area is 86.8 Å². The summed E-state index contributed by atoms with van der Waals surface area (Å²) in [5.74, 6) is -0.706. The third-order valence-electron chi connectivity index (χ3n) is 2.29. The quantitative estimate of drug-likeness (QED) is 0.558. The summed E-state index contributed by atoms with van der Waals surface area (Å²) in [4.78, 5) is 25.4. The van der Waals surface area contributed by atoms with E-state index in [2.05, 4.69) is 4.98 Å². The number of aromatic nitrogens is 1. The van der Waals surface area contributed by atoms with Crippen LogP contribution >= 0.6 is 0 Å². The van der Waals surface area contributed by atoms with E-state index in [1.807, 2.05) is 30.3 Å². The first-order chi connectivity index (χ1) is 7.35. The molecule has 1 aromatic carbocycles. The van der Waals surface area contributed by atoms with Crippen LogP contribution in [0, 0.1) is 0 Å². The van der Waals surface area contributed by atoms with Gasteiger partial charge in [0.25, 0.3) is 0 Å². The molecule has 0 aliphatic rings. The number of benzene rings is 1. The summed E-state index contributed by atoms with van der Waals surface area (Å²) in [6.45, 7) is 0. The van der Waals surface area contributed by atoms with E-state index < -0.39 is 5.92 Å². The lowest BCUT2D eigenvalue weighted by molar-refractivity contribution is -0.116. The lowest BCUT2D eigenvalue weighted by Gasteiger charge is -2.03. The molecule has 0 fully saturated rings. The molecule has 2 aromatic rings. The predicted molar refractivity (Wildman–Crippen MR) is 56.6 cm³/mol. The average Bonchev–Trinajstić information content (AvgIpc) is 2.30. The second-order valence-electron chi connectivity index (χ2n) is 3.26. The predicted octanol–water partition coefficient (Wildman–Crippen LogP) is 1.72. The number of hydrogen-bond donors (Lipinski definition) is 0. The summed E-state index contributed by atoms with van der Waals surface area (Å²) in [5.41, 5.74) is 1.50. The van der Waals surface area contributed by atoms with Crippen molar-refractivity contribution >= 4 is 23.5 Å². The van der Waals surface area contributed by atoms with Crippen molar-refractivity contribution in [2.75, 3.05) is 0 Å². The number of carbonyl (C=O) groups excluding carboxylic acids is 2. The first kappa shape index (κ1) is 9.52. The molecular formula is C12H9NO2. The van der Waals surface area contributed by atoms with Gasteiger partial charge in [0.2, 0.25) is 0 Å². The molecule has 3 nitrogen and oxygen atoms in total. The fraction of sp³-hybridized carbons (Fsp3) is 0.0833. The largest absolute Gasteiger partial charge is 0.302 e. The molecule has 0 saturated carbocycles. The van der Waals surface area contributed by atoms with E-state index in [1.54, 1.807) is 6.20 Å². The molecular weight excluding hydrogens is 190 g/mol. The number of para-hydroxylation sites is 1. The topological polar surface area (TPSA) is 47.0 Å². The number of pyridine rings is 1. The summed E-state index contributed by atoms with van der Waals surface area (Å²) in [7, 11) is 0. The van der Waals surface area contributed by atoms with Crippen LogP contribution in [0.3, 0.4) is 0 Å². The molecule has 0 amide bonds. The summed E-state index contributed by atoms with van der Waals surface area (Å²) in [6, 6.07) is 9.39. The Morgan fingerprint density at radius 1 is 1.13 bits per heavy atom. The fourth-order valence-corrected chi connectivity index (χ4v) is 1.46. The van der Waals surface area contributed by atoms with Gasteiger partial charge in [0.15, 0.2) is 0 Å². The van der Waals surface area contributed by atoms with Gasteiger partial charge in [0.1, 0.15) is 12.6 Å². The van der Waals surface area contributed by atoms with Gasteiger partial charge in [-0.25, -0.2) is 0 Å². The molecule has 0 aliphatic heterocycles. The third-order valence-corrected chi connectivity index (χ3v) is 2.29. The van der Waals surface area contributed by atoms with Crippen LogP contribution in [0.25, 0.3) is 10.9 Å². The Morgan fingerprint density at radius 3 is 2.60 bits per heavy atom. The van der Waals surface area contributed by atoms with Crippen molar-refractivity contribution in [3.8, 4) is 0 Å². The van der Waals surface area contributed by atoms with E-state index >= 15 is 0 Å². The maximum absolute atomic E-state index is 10.6. The lowest BCUT2D eigenvalue weighted by atomic mass is 10.0. The molecule has 1 heterocycles. The van der Waals surface area contributed by atoms with Crippen molar-refractivity contribution in [2.24, 2.45) is 0 Å². The average molecular weight is 199 g/mol. The van der Waals surface area contributed by atoms with Gasteiger partial charge in [0, 0.05) is 11.6 Å². The zero-order chi connectivity index (χ0) is 10.7. The highest BCUT2D eigenvalue weighted by Crippen LogP contribution is 2.17. The number of fused-ring (bicyclic) bond motifs is 1. The van der Waals surface area contributed by atoms with Crippen molar-refractivity contribution in [1.82, 2.24) is 4.98 Å². The lowest BCUT2D eigenvalue weighted by Crippen LogP contribution is -2.01. The molecule has 0 radical (unpaired) electrons. The maximum atomic E-state index is 10.6. The molecule has 15 heavy (non-hydrogen) atoms. The monoisotopic (exact) mass is 199 g/mol. The first-order valence-corrected chi connectivity index (χ1v) is 4.60. The van der Waals surface area contributed by atoms with E-state index in [1.165, 1.54) is 0 Å². The number of nitrogens with zero attached hydrogens (tertiary/aromatic N) is 1. The maximum Gasteiger partial charge on any atom is 0.134 e. The van der Waals surface area contributed by atoms with Gasteiger partial charge in [-0.15, -0.1) is 0 Å². The Hall–Kier alpha value is -2.03. The highest BCUT2D eigenvalue weighted by atomic mass is 16.1. The highest BCUT2D eigenvalue weighted by molar-refractivity contribution is 5.87. The molecule has 2 rings (SSSR count). The van der Waals surface area contributed by atoms with Crippen LogP contribution in [0.1, 0.15) is 11.5 Å².